The number of terminal acetylenes is 1. The van der Waals surface area contributed by atoms with Crippen LogP contribution >= 0.6 is 0 Å². The molecule has 5 rings (SSSR count). The predicted molar refractivity (Wildman–Crippen MR) is 409 cm³/mol. The van der Waals surface area contributed by atoms with Crippen molar-refractivity contribution in [2.75, 3.05) is 24.6 Å². The van der Waals surface area contributed by atoms with Crippen LogP contribution in [0.3, 0.4) is 0 Å². The van der Waals surface area contributed by atoms with E-state index in [2.05, 4.69) is 176 Å². The second-order valence-electron chi connectivity index (χ2n) is 26.9. The van der Waals surface area contributed by atoms with Crippen LogP contribution in [0.15, 0.2) is 79.2 Å². The number of benzene rings is 2. The first-order valence-corrected chi connectivity index (χ1v) is 36.9. The maximum Gasteiger partial charge on any atom is 0.319 e. The predicted octanol–water partition coefficient (Wildman–Crippen LogP) is 21.9. The van der Waals surface area contributed by atoms with E-state index in [0.29, 0.717) is 70.5 Å². The fourth-order valence-electron chi connectivity index (χ4n) is 10.9. The Morgan fingerprint density at radius 1 is 0.802 bits per heavy atom. The van der Waals surface area contributed by atoms with Gasteiger partial charge in [-0.05, 0) is 112 Å². The number of unbranched alkanes of at least 4 members (excludes halogenated alkanes) is 3. The molecule has 2 aromatic carbocycles. The average molecular weight is 1330 g/mol. The molecule has 0 bridgehead atoms. The number of carboxylic acid groups (broad SMARTS) is 1. The van der Waals surface area contributed by atoms with Gasteiger partial charge in [-0.15, -0.1) is 6.42 Å². The first kappa shape index (κ1) is 91.6. The number of rotatable bonds is 32. The topological polar surface area (TPSA) is 135 Å². The number of hydrogen-bond donors (Lipinski definition) is 2. The van der Waals surface area contributed by atoms with Crippen molar-refractivity contribution < 1.29 is 33.0 Å². The Morgan fingerprint density at radius 2 is 1.40 bits per heavy atom. The molecule has 1 fully saturated rings. The third-order valence-corrected chi connectivity index (χ3v) is 17.2. The number of fused-ring (bicyclic) bond motifs is 1. The van der Waals surface area contributed by atoms with Crippen LogP contribution in [-0.2, 0) is 20.8 Å². The minimum atomic E-state index is -0.479. The summed E-state index contributed by atoms with van der Waals surface area (Å²) in [4.78, 5) is 47.3. The lowest BCUT2D eigenvalue weighted by Crippen LogP contribution is -2.31. The number of nitrogens with zero attached hydrogens (tertiary/aromatic N) is 4. The van der Waals surface area contributed by atoms with Crippen molar-refractivity contribution in [2.24, 2.45) is 35.0 Å². The van der Waals surface area contributed by atoms with Gasteiger partial charge in [0.15, 0.2) is 5.82 Å². The summed E-state index contributed by atoms with van der Waals surface area (Å²) >= 11 is 0. The number of nitrogens with one attached hydrogen (secondary N) is 1. The molecule has 6 atom stereocenters. The molecule has 1 aliphatic rings. The highest BCUT2D eigenvalue weighted by Gasteiger charge is 2.30. The number of ether oxygens (including phenoxy) is 1. The Hall–Kier alpha value is -6.48. The van der Waals surface area contributed by atoms with Gasteiger partial charge < -0.3 is 20.1 Å². The van der Waals surface area contributed by atoms with E-state index in [1.807, 2.05) is 19.9 Å². The average Bonchev–Trinajstić information content (AvgIpc) is 0.956. The Kier molecular flexibility index (Phi) is 53.0. The van der Waals surface area contributed by atoms with Crippen LogP contribution in [0.2, 0.25) is 0 Å². The zero-order chi connectivity index (χ0) is 73.0. The molecule has 540 valence electrons. The van der Waals surface area contributed by atoms with Gasteiger partial charge in [-0.1, -0.05) is 285 Å². The van der Waals surface area contributed by atoms with E-state index in [1.165, 1.54) is 93.4 Å². The third-order valence-electron chi connectivity index (χ3n) is 17.2. The molecule has 3 heterocycles. The summed E-state index contributed by atoms with van der Waals surface area (Å²) in [7, 11) is 0. The van der Waals surface area contributed by atoms with Gasteiger partial charge in [0.25, 0.3) is 6.47 Å². The number of halogens is 2. The first-order valence-electron chi connectivity index (χ1n) is 36.9. The molecule has 4 aromatic rings. The van der Waals surface area contributed by atoms with Gasteiger partial charge in [0.1, 0.15) is 22.9 Å². The molecule has 2 aromatic heterocycles. The molecule has 10 nitrogen and oxygen atoms in total. The van der Waals surface area contributed by atoms with Crippen molar-refractivity contribution in [3.05, 3.63) is 124 Å². The fourth-order valence-corrected chi connectivity index (χ4v) is 10.9. The number of aryl methyl sites for hydroxylation is 2. The summed E-state index contributed by atoms with van der Waals surface area (Å²) in [5, 5.41) is 11.3. The summed E-state index contributed by atoms with van der Waals surface area (Å²) in [5.74, 6) is 5.38. The van der Waals surface area contributed by atoms with Crippen LogP contribution in [0.4, 0.5) is 14.6 Å². The molecule has 6 unspecified atom stereocenters. The van der Waals surface area contributed by atoms with E-state index in [9.17, 15) is 14.0 Å². The normalized spacial score (nSPS) is 14.9. The van der Waals surface area contributed by atoms with Crippen LogP contribution in [0.5, 0.6) is 6.01 Å². The molecule has 0 spiro atoms. The molecule has 1 saturated heterocycles. The van der Waals surface area contributed by atoms with Gasteiger partial charge in [-0.25, -0.2) is 8.78 Å². The molecule has 0 saturated carbocycles. The summed E-state index contributed by atoms with van der Waals surface area (Å²) in [6.45, 7) is 52.7. The van der Waals surface area contributed by atoms with Gasteiger partial charge in [-0.3, -0.25) is 19.4 Å². The van der Waals surface area contributed by atoms with Crippen LogP contribution in [0.1, 0.15) is 287 Å². The third kappa shape index (κ3) is 39.7. The number of ketones is 1. The second-order valence-corrected chi connectivity index (χ2v) is 26.9. The Bertz CT molecular complexity index is 2940. The fraction of sp³-hybridized carbons (Fsp3) is 0.619. The van der Waals surface area contributed by atoms with Gasteiger partial charge in [-0.2, -0.15) is 9.97 Å². The van der Waals surface area contributed by atoms with E-state index in [1.54, 1.807) is 24.4 Å². The van der Waals surface area contributed by atoms with Gasteiger partial charge >= 0.3 is 6.01 Å². The highest BCUT2D eigenvalue weighted by molar-refractivity contribution is 5.90. The number of pyridine rings is 1. The van der Waals surface area contributed by atoms with Crippen LogP contribution in [0, 0.1) is 72.8 Å². The Morgan fingerprint density at radius 3 is 1.90 bits per heavy atom. The standard InChI is InChI=1S/C47H64F2N4O.C13H26O.C8H15NO.C8H10.C4H10.C3H8.CH2O2/c1-10-14-15-19-37(18-11-2)26-27-47(9,28-33(5)12-3)32-54-46-51-44-40(45(52-46)53-30-34(6)22-23-35(7)31-53)29-50-42(43(44)49)21-17-16-20-38-24-25-41(48)39(13-4)36(38)8;1-5-8-12(13(14)7-3)10-9-11(4)6-2;1-4-6-7(3)9-8(10)5-2;1-7-3-5-8(2)6-4-7;1-3-4-2;1-3-2;2-1-3/h4,16-17,20,24-25,29,34-35,37H,5,8,10-12,14-15,18-19,21-23,26-28,30-32H2,1-3,6-7,9H3;11-12H,5-10H2,1-4H3;3-6H2,1-2H3,(H,9,10);3-6H,1-2H3;3-4H2,1-2H3;3H2,1-2H3;1H,(H,2,3)/b17-16-,38-20-;;;;;;. The van der Waals surface area contributed by atoms with Crippen molar-refractivity contribution in [3.8, 4) is 18.4 Å². The lowest BCUT2D eigenvalue weighted by atomic mass is 9.77. The Balaban J connectivity index is 0. The zero-order valence-electron chi connectivity index (χ0n) is 63.9. The maximum absolute atomic E-state index is 16.5. The molecule has 1 aliphatic heterocycles. The van der Waals surface area contributed by atoms with Crippen molar-refractivity contribution in [3.63, 3.8) is 0 Å². The molecule has 12 heteroatoms. The number of aromatic nitrogens is 3. The van der Waals surface area contributed by atoms with Crippen molar-refractivity contribution in [2.45, 2.75) is 285 Å². The first-order chi connectivity index (χ1) is 45.8. The Labute approximate surface area is 584 Å². The minimum Gasteiger partial charge on any atom is -0.483 e. The van der Waals surface area contributed by atoms with E-state index in [4.69, 9.17) is 31.0 Å². The number of anilines is 1. The van der Waals surface area contributed by atoms with Crippen LogP contribution < -0.4 is 25.4 Å². The monoisotopic (exact) mass is 1330 g/mol. The van der Waals surface area contributed by atoms with Crippen molar-refractivity contribution in [1.82, 2.24) is 20.3 Å². The number of Topliss-reactive ketones (excluding diaryl/α,β-unsaturated/α-hetero) is 1. The lowest BCUT2D eigenvalue weighted by molar-refractivity contribution is -0.123. The summed E-state index contributed by atoms with van der Waals surface area (Å²) < 4.78 is 37.2. The van der Waals surface area contributed by atoms with Gasteiger partial charge in [0, 0.05) is 55.6 Å². The summed E-state index contributed by atoms with van der Waals surface area (Å²) in [6, 6.07) is 11.6. The van der Waals surface area contributed by atoms with E-state index in [-0.39, 0.29) is 47.0 Å². The largest absolute Gasteiger partial charge is 0.483 e. The van der Waals surface area contributed by atoms with E-state index < -0.39 is 11.6 Å². The molecular weight excluding hydrogens is 1200 g/mol. The number of hydrogen-bond acceptors (Lipinski definition) is 8. The van der Waals surface area contributed by atoms with Gasteiger partial charge in [0.2, 0.25) is 5.91 Å². The quantitative estimate of drug-likeness (QED) is 0.0212. The number of amides is 1. The molecule has 2 N–H and O–H groups in total. The number of carbonyl (C=O) groups excluding carboxylic acids is 2. The second kappa shape index (κ2) is 55.5. The summed E-state index contributed by atoms with van der Waals surface area (Å²) in [6.07, 6.45) is 39.4. The smallest absolute Gasteiger partial charge is 0.319 e. The van der Waals surface area contributed by atoms with E-state index in [0.717, 1.165) is 95.3 Å². The maximum atomic E-state index is 16.5. The highest BCUT2D eigenvalue weighted by atomic mass is 19.1. The van der Waals surface area contributed by atoms with Gasteiger partial charge in [0.05, 0.1) is 23.3 Å². The van der Waals surface area contributed by atoms with Crippen molar-refractivity contribution >= 4 is 47.5 Å². The zero-order valence-corrected chi connectivity index (χ0v) is 63.9. The lowest BCUT2D eigenvalue weighted by Gasteiger charge is -2.32. The summed E-state index contributed by atoms with van der Waals surface area (Å²) in [5.41, 5.74) is 5.17. The molecule has 96 heavy (non-hydrogen) atoms. The minimum absolute atomic E-state index is 0.0541. The highest BCUT2D eigenvalue weighted by Crippen LogP contribution is 2.37. The molecule has 0 aliphatic carbocycles. The molecular formula is C84H135F2N5O5. The van der Waals surface area contributed by atoms with Crippen LogP contribution in [-0.4, -0.2) is 57.9 Å². The molecule has 1 amide bonds. The molecule has 0 radical (unpaired) electrons. The van der Waals surface area contributed by atoms with Crippen molar-refractivity contribution in [1.29, 1.82) is 0 Å². The van der Waals surface area contributed by atoms with E-state index >= 15 is 4.39 Å². The number of carbonyl (C=O) groups is 3. The SMILES string of the molecule is C#Cc1c(F)cc/c(=C/C=C\Cc2ncc3c(N4CC(C)CCC(C)C4)nc(OCC(C)(CCC(CCC)CCCCC)CC(=C)CC)nc3c2F)c1=C.C=C(CCC)NC(=O)CC.CCC.CCCC.CCCC(CCC(C)CC)C(=O)CC.Cc1ccc(C)cc1.O=CO. The number of allylic oxidation sites excluding steroid dienone is 4. The van der Waals surface area contributed by atoms with Crippen LogP contribution in [0.25, 0.3) is 23.6 Å².